The van der Waals surface area contributed by atoms with Gasteiger partial charge in [-0.25, -0.2) is 13.1 Å². The highest BCUT2D eigenvalue weighted by atomic mass is 32.2. The van der Waals surface area contributed by atoms with Gasteiger partial charge in [-0.05, 0) is 32.4 Å². The molecule has 0 amide bonds. The molecule has 1 saturated heterocycles. The van der Waals surface area contributed by atoms with E-state index in [0.29, 0.717) is 13.1 Å². The fourth-order valence-electron chi connectivity index (χ4n) is 2.71. The lowest BCUT2D eigenvalue weighted by Gasteiger charge is -2.35. The van der Waals surface area contributed by atoms with E-state index in [9.17, 15) is 8.42 Å². The summed E-state index contributed by atoms with van der Waals surface area (Å²) in [6.45, 7) is 8.85. The number of sulfonamides is 1. The number of hydrogen-bond acceptors (Lipinski definition) is 4. The van der Waals surface area contributed by atoms with Crippen molar-refractivity contribution in [3.05, 3.63) is 40.8 Å². The zero-order valence-electron chi connectivity index (χ0n) is 14.0. The Labute approximate surface area is 139 Å². The maximum atomic E-state index is 12.0. The highest BCUT2D eigenvalue weighted by molar-refractivity contribution is 7.92. The molecule has 0 aromatic heterocycles. The summed E-state index contributed by atoms with van der Waals surface area (Å²) in [6.07, 6.45) is 1.99. The van der Waals surface area contributed by atoms with Gasteiger partial charge in [-0.15, -0.1) is 0 Å². The summed E-state index contributed by atoms with van der Waals surface area (Å²) in [5.74, 6) is 0. The second kappa shape index (κ2) is 8.06. The van der Waals surface area contributed by atoms with E-state index in [1.807, 2.05) is 45.0 Å². The molecule has 5 nitrogen and oxygen atoms in total. The van der Waals surface area contributed by atoms with Crippen molar-refractivity contribution < 1.29 is 13.2 Å². The number of morpholine rings is 1. The Morgan fingerprint density at radius 1 is 1.22 bits per heavy atom. The first-order valence-electron chi connectivity index (χ1n) is 7.96. The third-order valence-corrected chi connectivity index (χ3v) is 4.84. The molecule has 1 aliphatic rings. The molecule has 1 fully saturated rings. The van der Waals surface area contributed by atoms with Gasteiger partial charge < -0.3 is 4.74 Å². The summed E-state index contributed by atoms with van der Waals surface area (Å²) >= 11 is 0. The van der Waals surface area contributed by atoms with Crippen LogP contribution in [0, 0.1) is 6.92 Å². The molecular formula is C17H26N2O3S. The molecule has 0 bridgehead atoms. The largest absolute Gasteiger partial charge is 0.373 e. The van der Waals surface area contributed by atoms with Crippen LogP contribution in [0.2, 0.25) is 0 Å². The van der Waals surface area contributed by atoms with Crippen molar-refractivity contribution in [2.45, 2.75) is 33.0 Å². The van der Waals surface area contributed by atoms with Crippen LogP contribution in [0.5, 0.6) is 0 Å². The van der Waals surface area contributed by atoms with Gasteiger partial charge in [0.2, 0.25) is 10.0 Å². The first-order chi connectivity index (χ1) is 10.8. The Morgan fingerprint density at radius 3 is 2.43 bits per heavy atom. The fourth-order valence-corrected chi connectivity index (χ4v) is 3.52. The molecule has 0 saturated carbocycles. The van der Waals surface area contributed by atoms with E-state index in [2.05, 4.69) is 9.62 Å². The average Bonchev–Trinajstić information content (AvgIpc) is 2.45. The molecule has 128 valence electrons. The molecule has 0 unspecified atom stereocenters. The smallest absolute Gasteiger partial charge is 0.233 e. The van der Waals surface area contributed by atoms with Crippen LogP contribution in [0.25, 0.3) is 6.08 Å². The summed E-state index contributed by atoms with van der Waals surface area (Å²) in [4.78, 5) is 2.23. The summed E-state index contributed by atoms with van der Waals surface area (Å²) in [7, 11) is -3.41. The minimum absolute atomic E-state index is 0.191. The lowest BCUT2D eigenvalue weighted by Crippen LogP contribution is -2.47. The van der Waals surface area contributed by atoms with E-state index in [1.165, 1.54) is 5.41 Å². The van der Waals surface area contributed by atoms with Crippen molar-refractivity contribution in [2.24, 2.45) is 0 Å². The quantitative estimate of drug-likeness (QED) is 0.862. The number of hydrogen-bond donors (Lipinski definition) is 1. The van der Waals surface area contributed by atoms with Crippen LogP contribution in [0.1, 0.15) is 25.0 Å². The summed E-state index contributed by atoms with van der Waals surface area (Å²) in [5, 5.41) is 1.22. The number of nitrogens with one attached hydrogen (secondary N) is 1. The maximum absolute atomic E-state index is 12.0. The van der Waals surface area contributed by atoms with E-state index >= 15 is 0 Å². The van der Waals surface area contributed by atoms with E-state index in [1.54, 1.807) is 6.08 Å². The maximum Gasteiger partial charge on any atom is 0.233 e. The third kappa shape index (κ3) is 6.43. The minimum atomic E-state index is -3.41. The number of benzene rings is 1. The topological polar surface area (TPSA) is 58.6 Å². The second-order valence-corrected chi connectivity index (χ2v) is 7.82. The standard InChI is InChI=1S/C17H26N2O3S/c1-14-4-6-17(7-5-14)8-11-23(20,21)18-9-10-19-12-15(2)22-16(3)13-19/h4-8,11,15-16,18H,9-10,12-13H2,1-3H3/b11-8-/t15-,16+. The van der Waals surface area contributed by atoms with E-state index < -0.39 is 10.0 Å². The SMILES string of the molecule is Cc1ccc(/C=C\S(=O)(=O)NCCN2C[C@@H](C)O[C@@H](C)C2)cc1. The Kier molecular flexibility index (Phi) is 6.35. The second-order valence-electron chi connectivity index (χ2n) is 6.17. The Morgan fingerprint density at radius 2 is 1.83 bits per heavy atom. The lowest BCUT2D eigenvalue weighted by molar-refractivity contribution is -0.0671. The molecule has 2 atom stereocenters. The van der Waals surface area contributed by atoms with Crippen LogP contribution in [0.3, 0.4) is 0 Å². The monoisotopic (exact) mass is 338 g/mol. The molecule has 23 heavy (non-hydrogen) atoms. The first-order valence-corrected chi connectivity index (χ1v) is 9.51. The van der Waals surface area contributed by atoms with Crippen molar-refractivity contribution in [3.8, 4) is 0 Å². The molecule has 2 rings (SSSR count). The molecule has 6 heteroatoms. The van der Waals surface area contributed by atoms with Gasteiger partial charge in [-0.3, -0.25) is 4.90 Å². The molecule has 1 N–H and O–H groups in total. The molecular weight excluding hydrogens is 312 g/mol. The number of ether oxygens (including phenoxy) is 1. The first kappa shape index (κ1) is 18.1. The van der Waals surface area contributed by atoms with E-state index in [-0.39, 0.29) is 12.2 Å². The predicted molar refractivity (Wildman–Crippen MR) is 93.6 cm³/mol. The van der Waals surface area contributed by atoms with Crippen LogP contribution < -0.4 is 4.72 Å². The zero-order valence-corrected chi connectivity index (χ0v) is 14.8. The normalized spacial score (nSPS) is 23.4. The Balaban J connectivity index is 1.80. The summed E-state index contributed by atoms with van der Waals surface area (Å²) < 4.78 is 32.3. The fraction of sp³-hybridized carbons (Fsp3) is 0.529. The van der Waals surface area contributed by atoms with Crippen LogP contribution in [-0.4, -0.2) is 51.7 Å². The van der Waals surface area contributed by atoms with Crippen molar-refractivity contribution in [1.82, 2.24) is 9.62 Å². The van der Waals surface area contributed by atoms with E-state index in [0.717, 1.165) is 24.2 Å². The van der Waals surface area contributed by atoms with Crippen molar-refractivity contribution in [3.63, 3.8) is 0 Å². The summed E-state index contributed by atoms with van der Waals surface area (Å²) in [5.41, 5.74) is 2.02. The van der Waals surface area contributed by atoms with Gasteiger partial charge >= 0.3 is 0 Å². The molecule has 0 radical (unpaired) electrons. The highest BCUT2D eigenvalue weighted by Crippen LogP contribution is 2.10. The van der Waals surface area contributed by atoms with E-state index in [4.69, 9.17) is 4.74 Å². The predicted octanol–water partition coefficient (Wildman–Crippen LogP) is 1.99. The Hall–Kier alpha value is -1.21. The van der Waals surface area contributed by atoms with Gasteiger partial charge in [0, 0.05) is 31.6 Å². The van der Waals surface area contributed by atoms with Crippen LogP contribution >= 0.6 is 0 Å². The molecule has 1 heterocycles. The number of rotatable bonds is 6. The molecule has 0 spiro atoms. The van der Waals surface area contributed by atoms with Gasteiger partial charge in [-0.2, -0.15) is 0 Å². The van der Waals surface area contributed by atoms with Crippen LogP contribution in [0.4, 0.5) is 0 Å². The highest BCUT2D eigenvalue weighted by Gasteiger charge is 2.21. The van der Waals surface area contributed by atoms with Gasteiger partial charge in [0.25, 0.3) is 0 Å². The van der Waals surface area contributed by atoms with Gasteiger partial charge in [0.15, 0.2) is 0 Å². The van der Waals surface area contributed by atoms with Gasteiger partial charge in [0.05, 0.1) is 12.2 Å². The van der Waals surface area contributed by atoms with Crippen molar-refractivity contribution in [2.75, 3.05) is 26.2 Å². The molecule has 1 aromatic rings. The van der Waals surface area contributed by atoms with Gasteiger partial charge in [-0.1, -0.05) is 29.8 Å². The average molecular weight is 338 g/mol. The third-order valence-electron chi connectivity index (χ3n) is 3.74. The van der Waals surface area contributed by atoms with Crippen LogP contribution in [0.15, 0.2) is 29.7 Å². The van der Waals surface area contributed by atoms with Crippen LogP contribution in [-0.2, 0) is 14.8 Å². The Bertz CT molecular complexity index is 616. The molecule has 0 aliphatic carbocycles. The summed E-state index contributed by atoms with van der Waals surface area (Å²) in [6, 6.07) is 7.72. The van der Waals surface area contributed by atoms with Crippen molar-refractivity contribution in [1.29, 1.82) is 0 Å². The minimum Gasteiger partial charge on any atom is -0.373 e. The van der Waals surface area contributed by atoms with Gasteiger partial charge in [0.1, 0.15) is 0 Å². The number of aryl methyl sites for hydroxylation is 1. The lowest BCUT2D eigenvalue weighted by atomic mass is 10.2. The molecule has 1 aliphatic heterocycles. The zero-order chi connectivity index (χ0) is 16.9. The number of nitrogens with zero attached hydrogens (tertiary/aromatic N) is 1. The molecule has 1 aromatic carbocycles. The van der Waals surface area contributed by atoms with Crippen molar-refractivity contribution >= 4 is 16.1 Å².